The molecule has 1 aliphatic carbocycles. The zero-order chi connectivity index (χ0) is 16.6. The van der Waals surface area contributed by atoms with E-state index in [-0.39, 0.29) is 42.5 Å². The second kappa shape index (κ2) is 6.75. The van der Waals surface area contributed by atoms with E-state index in [0.29, 0.717) is 19.4 Å². The lowest BCUT2D eigenvalue weighted by molar-refractivity contribution is -0.154. The van der Waals surface area contributed by atoms with Crippen molar-refractivity contribution in [3.05, 3.63) is 0 Å². The number of hydrogen-bond donors (Lipinski definition) is 1. The number of carbonyl (C=O) groups excluding carboxylic acids is 2. The highest BCUT2D eigenvalue weighted by atomic mass is 19.1. The van der Waals surface area contributed by atoms with Crippen molar-refractivity contribution in [2.75, 3.05) is 13.1 Å². The maximum atomic E-state index is 13.3. The van der Waals surface area contributed by atoms with Crippen LogP contribution < -0.4 is 5.32 Å². The van der Waals surface area contributed by atoms with Gasteiger partial charge in [-0.25, -0.2) is 4.39 Å². The molecule has 1 N–H and O–H groups in total. The SMILES string of the molecule is CC(=O)N1C(C)CN(C(=O)C2CCC(F)CN2)C2CCCCC21. The van der Waals surface area contributed by atoms with E-state index in [1.807, 2.05) is 16.7 Å². The van der Waals surface area contributed by atoms with Crippen molar-refractivity contribution in [2.24, 2.45) is 0 Å². The Labute approximate surface area is 137 Å². The first-order valence-electron chi connectivity index (χ1n) is 8.96. The average Bonchev–Trinajstić information content (AvgIpc) is 2.53. The van der Waals surface area contributed by atoms with Gasteiger partial charge in [0.2, 0.25) is 11.8 Å². The quantitative estimate of drug-likeness (QED) is 0.794. The lowest BCUT2D eigenvalue weighted by Crippen LogP contribution is -2.68. The number of carbonyl (C=O) groups is 2. The van der Waals surface area contributed by atoms with E-state index in [1.54, 1.807) is 6.92 Å². The summed E-state index contributed by atoms with van der Waals surface area (Å²) < 4.78 is 13.3. The van der Waals surface area contributed by atoms with E-state index in [0.717, 1.165) is 25.7 Å². The maximum absolute atomic E-state index is 13.3. The highest BCUT2D eigenvalue weighted by Gasteiger charge is 2.45. The van der Waals surface area contributed by atoms with Crippen LogP contribution in [0.25, 0.3) is 0 Å². The number of hydrogen-bond acceptors (Lipinski definition) is 3. The molecule has 5 nitrogen and oxygen atoms in total. The van der Waals surface area contributed by atoms with Gasteiger partial charge in [0.15, 0.2) is 0 Å². The van der Waals surface area contributed by atoms with Gasteiger partial charge in [-0.1, -0.05) is 12.8 Å². The van der Waals surface area contributed by atoms with Crippen LogP contribution in [-0.4, -0.2) is 65.0 Å². The smallest absolute Gasteiger partial charge is 0.240 e. The molecule has 0 aromatic heterocycles. The van der Waals surface area contributed by atoms with E-state index >= 15 is 0 Å². The maximum Gasteiger partial charge on any atom is 0.240 e. The fourth-order valence-electron chi connectivity index (χ4n) is 4.64. The summed E-state index contributed by atoms with van der Waals surface area (Å²) >= 11 is 0. The number of rotatable bonds is 1. The summed E-state index contributed by atoms with van der Waals surface area (Å²) in [5.74, 6) is 0.210. The summed E-state index contributed by atoms with van der Waals surface area (Å²) in [4.78, 5) is 29.0. The molecule has 130 valence electrons. The van der Waals surface area contributed by atoms with Gasteiger partial charge in [-0.2, -0.15) is 0 Å². The molecule has 23 heavy (non-hydrogen) atoms. The fourth-order valence-corrected chi connectivity index (χ4v) is 4.64. The van der Waals surface area contributed by atoms with E-state index in [4.69, 9.17) is 0 Å². The minimum atomic E-state index is -0.838. The molecule has 2 saturated heterocycles. The van der Waals surface area contributed by atoms with Crippen molar-refractivity contribution in [3.8, 4) is 0 Å². The number of nitrogens with one attached hydrogen (secondary N) is 1. The molecule has 2 heterocycles. The minimum Gasteiger partial charge on any atom is -0.334 e. The van der Waals surface area contributed by atoms with Crippen molar-refractivity contribution in [3.63, 3.8) is 0 Å². The lowest BCUT2D eigenvalue weighted by Gasteiger charge is -2.53. The van der Waals surface area contributed by atoms with Crippen molar-refractivity contribution in [1.82, 2.24) is 15.1 Å². The largest absolute Gasteiger partial charge is 0.334 e. The minimum absolute atomic E-state index is 0.0494. The van der Waals surface area contributed by atoms with Gasteiger partial charge in [0, 0.05) is 26.1 Å². The van der Waals surface area contributed by atoms with Gasteiger partial charge in [-0.05, 0) is 32.6 Å². The second-order valence-electron chi connectivity index (χ2n) is 7.32. The predicted molar refractivity (Wildman–Crippen MR) is 85.7 cm³/mol. The van der Waals surface area contributed by atoms with Crippen LogP contribution in [0.1, 0.15) is 52.4 Å². The van der Waals surface area contributed by atoms with Crippen LogP contribution in [0, 0.1) is 0 Å². The average molecular weight is 325 g/mol. The zero-order valence-corrected chi connectivity index (χ0v) is 14.1. The Bertz CT molecular complexity index is 465. The van der Waals surface area contributed by atoms with Crippen molar-refractivity contribution >= 4 is 11.8 Å². The summed E-state index contributed by atoms with van der Waals surface area (Å²) in [6, 6.07) is 0.0571. The van der Waals surface area contributed by atoms with E-state index in [9.17, 15) is 14.0 Å². The summed E-state index contributed by atoms with van der Waals surface area (Å²) in [5.41, 5.74) is 0. The number of alkyl halides is 1. The molecule has 3 fully saturated rings. The third-order valence-electron chi connectivity index (χ3n) is 5.69. The Balaban J connectivity index is 1.76. The Kier molecular flexibility index (Phi) is 4.90. The third kappa shape index (κ3) is 3.23. The molecule has 1 saturated carbocycles. The van der Waals surface area contributed by atoms with Crippen molar-refractivity contribution < 1.29 is 14.0 Å². The highest BCUT2D eigenvalue weighted by Crippen LogP contribution is 2.33. The van der Waals surface area contributed by atoms with Gasteiger partial charge in [0.05, 0.1) is 18.1 Å². The number of nitrogens with zero attached hydrogens (tertiary/aromatic N) is 2. The molecule has 3 rings (SSSR count). The normalized spacial score (nSPS) is 38.1. The molecule has 0 spiro atoms. The molecule has 0 bridgehead atoms. The molecule has 2 aliphatic heterocycles. The fraction of sp³-hybridized carbons (Fsp3) is 0.882. The molecular formula is C17H28FN3O2. The Morgan fingerprint density at radius 1 is 1.09 bits per heavy atom. The van der Waals surface area contributed by atoms with Crippen LogP contribution in [0.15, 0.2) is 0 Å². The summed E-state index contributed by atoms with van der Waals surface area (Å²) in [6.07, 6.45) is 4.35. The Hall–Kier alpha value is -1.17. The molecule has 6 heteroatoms. The molecular weight excluding hydrogens is 297 g/mol. The van der Waals surface area contributed by atoms with Crippen LogP contribution >= 0.6 is 0 Å². The zero-order valence-electron chi connectivity index (χ0n) is 14.1. The van der Waals surface area contributed by atoms with Crippen molar-refractivity contribution in [2.45, 2.75) is 82.7 Å². The topological polar surface area (TPSA) is 52.7 Å². The van der Waals surface area contributed by atoms with E-state index in [2.05, 4.69) is 5.32 Å². The van der Waals surface area contributed by atoms with Crippen LogP contribution in [0.4, 0.5) is 4.39 Å². The number of amides is 2. The predicted octanol–water partition coefficient (Wildman–Crippen LogP) is 1.47. The first kappa shape index (κ1) is 16.7. The van der Waals surface area contributed by atoms with Crippen LogP contribution in [-0.2, 0) is 9.59 Å². The second-order valence-corrected chi connectivity index (χ2v) is 7.32. The molecule has 5 atom stereocenters. The summed E-state index contributed by atoms with van der Waals surface area (Å²) in [6.45, 7) is 4.52. The molecule has 2 amide bonds. The lowest BCUT2D eigenvalue weighted by atomic mass is 9.84. The Morgan fingerprint density at radius 3 is 2.39 bits per heavy atom. The van der Waals surface area contributed by atoms with Gasteiger partial charge in [-0.3, -0.25) is 9.59 Å². The third-order valence-corrected chi connectivity index (χ3v) is 5.69. The molecule has 5 unspecified atom stereocenters. The Morgan fingerprint density at radius 2 is 1.78 bits per heavy atom. The first-order valence-corrected chi connectivity index (χ1v) is 8.96. The van der Waals surface area contributed by atoms with Crippen LogP contribution in [0.5, 0.6) is 0 Å². The molecule has 3 aliphatic rings. The number of piperidine rings is 1. The summed E-state index contributed by atoms with van der Waals surface area (Å²) in [5, 5.41) is 3.06. The van der Waals surface area contributed by atoms with Crippen LogP contribution in [0.2, 0.25) is 0 Å². The molecule has 0 radical (unpaired) electrons. The van der Waals surface area contributed by atoms with Gasteiger partial charge in [0.25, 0.3) is 0 Å². The van der Waals surface area contributed by atoms with E-state index < -0.39 is 6.17 Å². The van der Waals surface area contributed by atoms with Gasteiger partial charge < -0.3 is 15.1 Å². The highest BCUT2D eigenvalue weighted by molar-refractivity contribution is 5.83. The first-order chi connectivity index (χ1) is 11.0. The van der Waals surface area contributed by atoms with Gasteiger partial charge >= 0.3 is 0 Å². The van der Waals surface area contributed by atoms with Crippen LogP contribution in [0.3, 0.4) is 0 Å². The number of piperazine rings is 1. The number of fused-ring (bicyclic) bond motifs is 1. The van der Waals surface area contributed by atoms with Gasteiger partial charge in [0.1, 0.15) is 6.17 Å². The van der Waals surface area contributed by atoms with Gasteiger partial charge in [-0.15, -0.1) is 0 Å². The molecule has 0 aromatic carbocycles. The standard InChI is InChI=1S/C17H28FN3O2/c1-11-10-20(17(23)14-8-7-13(18)9-19-14)15-5-3-4-6-16(15)21(11)12(2)22/h11,13-16,19H,3-10H2,1-2H3. The van der Waals surface area contributed by atoms with E-state index in [1.165, 1.54) is 0 Å². The number of halogens is 1. The summed E-state index contributed by atoms with van der Waals surface area (Å²) in [7, 11) is 0. The molecule has 0 aromatic rings. The van der Waals surface area contributed by atoms with Crippen molar-refractivity contribution in [1.29, 1.82) is 0 Å². The monoisotopic (exact) mass is 325 g/mol.